The molecule has 0 fully saturated rings. The van der Waals surface area contributed by atoms with E-state index in [0.717, 1.165) is 31.0 Å². The first-order valence-corrected chi connectivity index (χ1v) is 9.66. The van der Waals surface area contributed by atoms with Crippen molar-refractivity contribution in [3.63, 3.8) is 0 Å². The molecule has 5 heteroatoms. The Hall–Kier alpha value is -2.40. The molecule has 0 saturated heterocycles. The van der Waals surface area contributed by atoms with Gasteiger partial charge in [-0.1, -0.05) is 34.6 Å². The van der Waals surface area contributed by atoms with Crippen LogP contribution in [0.3, 0.4) is 0 Å². The lowest BCUT2D eigenvalue weighted by Crippen LogP contribution is -2.34. The van der Waals surface area contributed by atoms with Gasteiger partial charge in [0.15, 0.2) is 0 Å². The first-order chi connectivity index (χ1) is 12.8. The minimum atomic E-state index is -0.0369. The molecule has 1 aromatic heterocycles. The van der Waals surface area contributed by atoms with E-state index in [9.17, 15) is 4.79 Å². The summed E-state index contributed by atoms with van der Waals surface area (Å²) >= 11 is 0. The maximum Gasteiger partial charge on any atom is 0.251 e. The molecule has 2 N–H and O–H groups in total. The second-order valence-electron chi connectivity index (χ2n) is 7.70. The van der Waals surface area contributed by atoms with Gasteiger partial charge in [0.2, 0.25) is 0 Å². The molecular weight excluding hydrogens is 336 g/mol. The van der Waals surface area contributed by atoms with Gasteiger partial charge in [0, 0.05) is 30.5 Å². The summed E-state index contributed by atoms with van der Waals surface area (Å²) in [5, 5.41) is 6.34. The molecular formula is C22H32N4O. The second-order valence-corrected chi connectivity index (χ2v) is 7.70. The lowest BCUT2D eigenvalue weighted by Gasteiger charge is -2.19. The molecule has 0 bridgehead atoms. The predicted octanol–water partition coefficient (Wildman–Crippen LogP) is 4.19. The summed E-state index contributed by atoms with van der Waals surface area (Å²) in [5.41, 5.74) is 3.78. The van der Waals surface area contributed by atoms with E-state index in [0.29, 0.717) is 12.1 Å². The minimum Gasteiger partial charge on any atom is -0.354 e. The zero-order valence-electron chi connectivity index (χ0n) is 17.2. The van der Waals surface area contributed by atoms with Crippen LogP contribution in [0, 0.1) is 0 Å². The molecule has 1 heterocycles. The molecule has 0 atom stereocenters. The fourth-order valence-electron chi connectivity index (χ4n) is 2.76. The topological polar surface area (TPSA) is 57.3 Å². The highest BCUT2D eigenvalue weighted by Crippen LogP contribution is 2.25. The Morgan fingerprint density at radius 2 is 1.70 bits per heavy atom. The summed E-state index contributed by atoms with van der Waals surface area (Å²) in [6.07, 6.45) is 3.71. The van der Waals surface area contributed by atoms with Gasteiger partial charge < -0.3 is 15.5 Å². The fourth-order valence-corrected chi connectivity index (χ4v) is 2.76. The van der Waals surface area contributed by atoms with Crippen molar-refractivity contribution < 1.29 is 4.79 Å². The number of likely N-dealkylation sites (N-methyl/N-ethyl adjacent to an activating group) is 1. The van der Waals surface area contributed by atoms with E-state index in [2.05, 4.69) is 61.2 Å². The molecule has 0 aliphatic carbocycles. The number of nitrogens with zero attached hydrogens (tertiary/aromatic N) is 2. The number of pyridine rings is 1. The number of rotatable bonds is 8. The van der Waals surface area contributed by atoms with Crippen LogP contribution < -0.4 is 10.6 Å². The number of carbonyl (C=O) groups excluding carboxylic acids is 1. The third-order valence-corrected chi connectivity index (χ3v) is 4.65. The first-order valence-electron chi connectivity index (χ1n) is 9.66. The van der Waals surface area contributed by atoms with Crippen LogP contribution >= 0.6 is 0 Å². The summed E-state index contributed by atoms with van der Waals surface area (Å²) in [7, 11) is 0. The molecule has 5 nitrogen and oxygen atoms in total. The zero-order chi connectivity index (χ0) is 19.9. The van der Waals surface area contributed by atoms with Crippen LogP contribution in [0.1, 0.15) is 50.5 Å². The molecule has 0 radical (unpaired) electrons. The summed E-state index contributed by atoms with van der Waals surface area (Å²) in [6, 6.07) is 9.64. The Bertz CT molecular complexity index is 731. The summed E-state index contributed by atoms with van der Waals surface area (Å²) in [4.78, 5) is 18.9. The Labute approximate surface area is 163 Å². The lowest BCUT2D eigenvalue weighted by atomic mass is 9.88. The molecule has 2 rings (SSSR count). The van der Waals surface area contributed by atoms with Crippen LogP contribution in [0.15, 0.2) is 42.7 Å². The molecule has 0 spiro atoms. The second kappa shape index (κ2) is 9.51. The van der Waals surface area contributed by atoms with Crippen molar-refractivity contribution in [1.82, 2.24) is 15.2 Å². The Morgan fingerprint density at radius 3 is 2.30 bits per heavy atom. The van der Waals surface area contributed by atoms with E-state index in [1.165, 1.54) is 5.56 Å². The normalized spacial score (nSPS) is 11.5. The van der Waals surface area contributed by atoms with Crippen LogP contribution in [0.5, 0.6) is 0 Å². The minimum absolute atomic E-state index is 0.0369. The molecule has 0 aliphatic rings. The van der Waals surface area contributed by atoms with Crippen molar-refractivity contribution in [2.75, 3.05) is 31.5 Å². The van der Waals surface area contributed by atoms with Crippen molar-refractivity contribution >= 4 is 17.3 Å². The highest BCUT2D eigenvalue weighted by molar-refractivity contribution is 5.94. The number of amides is 1. The van der Waals surface area contributed by atoms with Gasteiger partial charge >= 0.3 is 0 Å². The van der Waals surface area contributed by atoms with Gasteiger partial charge in [-0.25, -0.2) is 0 Å². The van der Waals surface area contributed by atoms with E-state index in [-0.39, 0.29) is 11.3 Å². The van der Waals surface area contributed by atoms with Gasteiger partial charge in [0.25, 0.3) is 5.91 Å². The van der Waals surface area contributed by atoms with Crippen molar-refractivity contribution in [3.05, 3.63) is 53.9 Å². The summed E-state index contributed by atoms with van der Waals surface area (Å²) in [5.74, 6) is -0.0369. The van der Waals surface area contributed by atoms with Crippen molar-refractivity contribution in [1.29, 1.82) is 0 Å². The molecule has 0 unspecified atom stereocenters. The molecule has 2 aromatic rings. The van der Waals surface area contributed by atoms with Crippen LogP contribution in [-0.4, -0.2) is 42.0 Å². The number of hydrogen-bond donors (Lipinski definition) is 2. The van der Waals surface area contributed by atoms with Crippen LogP contribution in [0.4, 0.5) is 11.4 Å². The van der Waals surface area contributed by atoms with Crippen molar-refractivity contribution in [2.24, 2.45) is 0 Å². The largest absolute Gasteiger partial charge is 0.354 e. The number of anilines is 2. The monoisotopic (exact) mass is 368 g/mol. The number of hydrogen-bond acceptors (Lipinski definition) is 4. The smallest absolute Gasteiger partial charge is 0.251 e. The molecule has 1 aromatic carbocycles. The Kier molecular flexibility index (Phi) is 7.36. The molecule has 146 valence electrons. The SMILES string of the molecule is CCN(CC)CCNC(=O)c1ccc(Nc2cncc(C(C)(C)C)c2)cc1. The van der Waals surface area contributed by atoms with Crippen LogP contribution in [-0.2, 0) is 5.41 Å². The van der Waals surface area contributed by atoms with E-state index in [1.807, 2.05) is 36.7 Å². The summed E-state index contributed by atoms with van der Waals surface area (Å²) < 4.78 is 0. The van der Waals surface area contributed by atoms with Crippen molar-refractivity contribution in [2.45, 2.75) is 40.0 Å². The van der Waals surface area contributed by atoms with E-state index in [4.69, 9.17) is 0 Å². The third kappa shape index (κ3) is 6.36. The van der Waals surface area contributed by atoms with Crippen LogP contribution in [0.2, 0.25) is 0 Å². The quantitative estimate of drug-likeness (QED) is 0.733. The highest BCUT2D eigenvalue weighted by atomic mass is 16.1. The van der Waals surface area contributed by atoms with Crippen molar-refractivity contribution in [3.8, 4) is 0 Å². The standard InChI is InChI=1S/C22H32N4O/c1-6-26(7-2)13-12-24-21(27)17-8-10-19(11-9-17)25-20-14-18(15-23-16-20)22(3,4)5/h8-11,14-16,25H,6-7,12-13H2,1-5H3,(H,24,27). The van der Waals surface area contributed by atoms with Gasteiger partial charge in [-0.05, 0) is 54.4 Å². The number of benzene rings is 1. The average molecular weight is 369 g/mol. The molecule has 0 aliphatic heterocycles. The van der Waals surface area contributed by atoms with E-state index >= 15 is 0 Å². The Morgan fingerprint density at radius 1 is 1.04 bits per heavy atom. The Balaban J connectivity index is 1.94. The fraction of sp³-hybridized carbons (Fsp3) is 0.455. The maximum absolute atomic E-state index is 12.3. The molecule has 1 amide bonds. The van der Waals surface area contributed by atoms with E-state index in [1.54, 1.807) is 0 Å². The number of carbonyl (C=O) groups is 1. The highest BCUT2D eigenvalue weighted by Gasteiger charge is 2.14. The van der Waals surface area contributed by atoms with Gasteiger partial charge in [-0.2, -0.15) is 0 Å². The van der Waals surface area contributed by atoms with Gasteiger partial charge in [0.1, 0.15) is 0 Å². The number of aromatic nitrogens is 1. The maximum atomic E-state index is 12.3. The van der Waals surface area contributed by atoms with Gasteiger partial charge in [0.05, 0.1) is 11.9 Å². The molecule has 0 saturated carbocycles. The van der Waals surface area contributed by atoms with E-state index < -0.39 is 0 Å². The van der Waals surface area contributed by atoms with Gasteiger partial charge in [-0.15, -0.1) is 0 Å². The third-order valence-electron chi connectivity index (χ3n) is 4.65. The number of nitrogens with one attached hydrogen (secondary N) is 2. The van der Waals surface area contributed by atoms with Gasteiger partial charge in [-0.3, -0.25) is 9.78 Å². The van der Waals surface area contributed by atoms with Crippen LogP contribution in [0.25, 0.3) is 0 Å². The molecule has 27 heavy (non-hydrogen) atoms. The zero-order valence-corrected chi connectivity index (χ0v) is 17.2. The lowest BCUT2D eigenvalue weighted by molar-refractivity contribution is 0.0949. The predicted molar refractivity (Wildman–Crippen MR) is 113 cm³/mol. The summed E-state index contributed by atoms with van der Waals surface area (Å²) in [6.45, 7) is 14.3. The first kappa shape index (κ1) is 20.9. The average Bonchev–Trinajstić information content (AvgIpc) is 2.65.